The number of rotatable bonds is 9. The summed E-state index contributed by atoms with van der Waals surface area (Å²) >= 11 is 0. The number of aliphatic hydroxyl groups excluding tert-OH is 1. The maximum atomic E-state index is 12.2. The van der Waals surface area contributed by atoms with E-state index >= 15 is 0 Å². The molecule has 0 saturated heterocycles. The van der Waals surface area contributed by atoms with Crippen LogP contribution in [0, 0.1) is 5.92 Å². The Kier molecular flexibility index (Phi) is 7.01. The Morgan fingerprint density at radius 3 is 2.62 bits per heavy atom. The quantitative estimate of drug-likeness (QED) is 0.683. The molecule has 0 radical (unpaired) electrons. The molecule has 1 aromatic rings. The van der Waals surface area contributed by atoms with Gasteiger partial charge in [-0.05, 0) is 37.8 Å². The summed E-state index contributed by atoms with van der Waals surface area (Å²) in [4.78, 5) is 11.4. The molecule has 0 heterocycles. The Morgan fingerprint density at radius 2 is 2.05 bits per heavy atom. The third kappa shape index (κ3) is 5.57. The van der Waals surface area contributed by atoms with E-state index in [-0.39, 0.29) is 23.2 Å². The summed E-state index contributed by atoms with van der Waals surface area (Å²) in [5.74, 6) is -0.0537. The van der Waals surface area contributed by atoms with Crippen molar-refractivity contribution in [2.24, 2.45) is 5.92 Å². The first kappa shape index (κ1) is 17.8. The fourth-order valence-electron chi connectivity index (χ4n) is 2.13. The molecule has 1 aromatic carbocycles. The number of nitrogens with one attached hydrogen (secondary N) is 1. The molecule has 0 fully saturated rings. The standard InChI is InChI=1S/C15H23NO4S/c1-3-5-13(8-9-17)11-16-21(19,20)15-7-4-6-14(10-15)12(2)18/h4,6-7,10,13,16-17H,3,5,8-9,11H2,1-2H3. The highest BCUT2D eigenvalue weighted by Crippen LogP contribution is 2.14. The van der Waals surface area contributed by atoms with E-state index < -0.39 is 10.0 Å². The van der Waals surface area contributed by atoms with Crippen LogP contribution in [0.3, 0.4) is 0 Å². The monoisotopic (exact) mass is 313 g/mol. The number of hydrogen-bond donors (Lipinski definition) is 2. The van der Waals surface area contributed by atoms with Crippen molar-refractivity contribution in [1.82, 2.24) is 4.72 Å². The van der Waals surface area contributed by atoms with E-state index in [1.807, 2.05) is 6.92 Å². The summed E-state index contributed by atoms with van der Waals surface area (Å²) in [7, 11) is -3.63. The molecule has 1 unspecified atom stereocenters. The van der Waals surface area contributed by atoms with E-state index in [1.54, 1.807) is 12.1 Å². The largest absolute Gasteiger partial charge is 0.396 e. The number of Topliss-reactive ketones (excluding diaryl/α,β-unsaturated/α-hetero) is 1. The van der Waals surface area contributed by atoms with Gasteiger partial charge >= 0.3 is 0 Å². The van der Waals surface area contributed by atoms with Crippen LogP contribution in [0.5, 0.6) is 0 Å². The van der Waals surface area contributed by atoms with Gasteiger partial charge in [-0.25, -0.2) is 13.1 Å². The molecule has 5 nitrogen and oxygen atoms in total. The number of sulfonamides is 1. The molecule has 0 aliphatic rings. The summed E-state index contributed by atoms with van der Waals surface area (Å²) in [6, 6.07) is 6.00. The molecule has 0 saturated carbocycles. The van der Waals surface area contributed by atoms with Gasteiger partial charge in [0.05, 0.1) is 4.90 Å². The van der Waals surface area contributed by atoms with Crippen molar-refractivity contribution < 1.29 is 18.3 Å². The van der Waals surface area contributed by atoms with Gasteiger partial charge < -0.3 is 5.11 Å². The maximum Gasteiger partial charge on any atom is 0.240 e. The van der Waals surface area contributed by atoms with Crippen molar-refractivity contribution in [3.8, 4) is 0 Å². The minimum Gasteiger partial charge on any atom is -0.396 e. The van der Waals surface area contributed by atoms with Crippen molar-refractivity contribution in [2.75, 3.05) is 13.2 Å². The summed E-state index contributed by atoms with van der Waals surface area (Å²) in [5, 5.41) is 8.99. The molecular weight excluding hydrogens is 290 g/mol. The number of carbonyl (C=O) groups excluding carboxylic acids is 1. The zero-order chi connectivity index (χ0) is 15.9. The molecule has 0 aromatic heterocycles. The lowest BCUT2D eigenvalue weighted by Gasteiger charge is -2.16. The molecule has 21 heavy (non-hydrogen) atoms. The van der Waals surface area contributed by atoms with Gasteiger partial charge in [0, 0.05) is 18.7 Å². The molecule has 0 aliphatic heterocycles. The SMILES string of the molecule is CCCC(CCO)CNS(=O)(=O)c1cccc(C(C)=O)c1. The highest BCUT2D eigenvalue weighted by molar-refractivity contribution is 7.89. The Balaban J connectivity index is 2.81. The minimum absolute atomic E-state index is 0.0478. The molecule has 0 amide bonds. The average Bonchev–Trinajstić information content (AvgIpc) is 2.45. The molecular formula is C15H23NO4S. The van der Waals surface area contributed by atoms with Crippen LogP contribution in [-0.2, 0) is 10.0 Å². The second-order valence-corrected chi connectivity index (χ2v) is 6.87. The number of carbonyl (C=O) groups is 1. The first-order valence-corrected chi connectivity index (χ1v) is 8.60. The highest BCUT2D eigenvalue weighted by Gasteiger charge is 2.17. The lowest BCUT2D eigenvalue weighted by Crippen LogP contribution is -2.30. The zero-order valence-corrected chi connectivity index (χ0v) is 13.3. The highest BCUT2D eigenvalue weighted by atomic mass is 32.2. The van der Waals surface area contributed by atoms with Gasteiger partial charge in [0.25, 0.3) is 0 Å². The van der Waals surface area contributed by atoms with Crippen molar-refractivity contribution in [2.45, 2.75) is 38.0 Å². The van der Waals surface area contributed by atoms with Crippen LogP contribution in [0.15, 0.2) is 29.2 Å². The van der Waals surface area contributed by atoms with Crippen LogP contribution >= 0.6 is 0 Å². The second-order valence-electron chi connectivity index (χ2n) is 5.10. The topological polar surface area (TPSA) is 83.5 Å². The van der Waals surface area contributed by atoms with Gasteiger partial charge in [0.15, 0.2) is 5.78 Å². The number of aliphatic hydroxyl groups is 1. The number of hydrogen-bond acceptors (Lipinski definition) is 4. The molecule has 1 rings (SSSR count). The van der Waals surface area contributed by atoms with Gasteiger partial charge in [0.1, 0.15) is 0 Å². The van der Waals surface area contributed by atoms with Crippen LogP contribution in [0.2, 0.25) is 0 Å². The Bertz CT molecular complexity index is 563. The van der Waals surface area contributed by atoms with Crippen LogP contribution in [0.4, 0.5) is 0 Å². The molecule has 118 valence electrons. The van der Waals surface area contributed by atoms with Gasteiger partial charge in [0.2, 0.25) is 10.0 Å². The van der Waals surface area contributed by atoms with Crippen molar-refractivity contribution in [1.29, 1.82) is 0 Å². The first-order chi connectivity index (χ1) is 9.90. The van der Waals surface area contributed by atoms with Gasteiger partial charge in [-0.1, -0.05) is 25.5 Å². The molecule has 0 aliphatic carbocycles. The fourth-order valence-corrected chi connectivity index (χ4v) is 3.29. The lowest BCUT2D eigenvalue weighted by atomic mass is 10.0. The predicted molar refractivity (Wildman–Crippen MR) is 81.7 cm³/mol. The zero-order valence-electron chi connectivity index (χ0n) is 12.5. The Hall–Kier alpha value is -1.24. The van der Waals surface area contributed by atoms with Crippen molar-refractivity contribution in [3.05, 3.63) is 29.8 Å². The van der Waals surface area contributed by atoms with Gasteiger partial charge in [-0.15, -0.1) is 0 Å². The average molecular weight is 313 g/mol. The Labute approximate surface area is 126 Å². The third-order valence-corrected chi connectivity index (χ3v) is 4.77. The Morgan fingerprint density at radius 1 is 1.33 bits per heavy atom. The smallest absolute Gasteiger partial charge is 0.240 e. The fraction of sp³-hybridized carbons (Fsp3) is 0.533. The summed E-state index contributed by atoms with van der Waals surface area (Å²) < 4.78 is 27.0. The van der Waals surface area contributed by atoms with Crippen LogP contribution in [0.1, 0.15) is 43.5 Å². The maximum absolute atomic E-state index is 12.2. The van der Waals surface area contributed by atoms with Crippen LogP contribution < -0.4 is 4.72 Å². The summed E-state index contributed by atoms with van der Waals surface area (Å²) in [6.45, 7) is 3.76. The molecule has 2 N–H and O–H groups in total. The number of ketones is 1. The molecule has 6 heteroatoms. The lowest BCUT2D eigenvalue weighted by molar-refractivity contribution is 0.101. The van der Waals surface area contributed by atoms with E-state index in [9.17, 15) is 13.2 Å². The van der Waals surface area contributed by atoms with Crippen molar-refractivity contribution >= 4 is 15.8 Å². The molecule has 1 atom stereocenters. The number of benzene rings is 1. The van der Waals surface area contributed by atoms with Crippen molar-refractivity contribution in [3.63, 3.8) is 0 Å². The second kappa shape index (κ2) is 8.26. The van der Waals surface area contributed by atoms with E-state index in [1.165, 1.54) is 19.1 Å². The molecule has 0 spiro atoms. The summed E-state index contributed by atoms with van der Waals surface area (Å²) in [6.07, 6.45) is 2.37. The van der Waals surface area contributed by atoms with E-state index in [4.69, 9.17) is 5.11 Å². The van der Waals surface area contributed by atoms with Crippen LogP contribution in [-0.4, -0.2) is 32.5 Å². The first-order valence-electron chi connectivity index (χ1n) is 7.12. The van der Waals surface area contributed by atoms with E-state index in [2.05, 4.69) is 4.72 Å². The summed E-state index contributed by atoms with van der Waals surface area (Å²) in [5.41, 5.74) is 0.373. The third-order valence-electron chi connectivity index (χ3n) is 3.35. The minimum atomic E-state index is -3.63. The normalized spacial score (nSPS) is 13.1. The van der Waals surface area contributed by atoms with Gasteiger partial charge in [-0.3, -0.25) is 4.79 Å². The molecule has 0 bridgehead atoms. The van der Waals surface area contributed by atoms with Gasteiger partial charge in [-0.2, -0.15) is 0 Å². The predicted octanol–water partition coefficient (Wildman–Crippen LogP) is 1.97. The van der Waals surface area contributed by atoms with Crippen LogP contribution in [0.25, 0.3) is 0 Å². The van der Waals surface area contributed by atoms with E-state index in [0.717, 1.165) is 12.8 Å². The van der Waals surface area contributed by atoms with E-state index in [0.29, 0.717) is 18.5 Å².